The fraction of sp³-hybridized carbons (Fsp3) is 0.154. The normalized spacial score (nSPS) is 11.6. The van der Waals surface area contributed by atoms with Gasteiger partial charge in [-0.1, -0.05) is 18.2 Å². The third-order valence-electron chi connectivity index (χ3n) is 2.40. The molecule has 0 unspecified atom stereocenters. The van der Waals surface area contributed by atoms with Gasteiger partial charge in [0.25, 0.3) is 0 Å². The molecule has 0 radical (unpaired) electrons. The van der Waals surface area contributed by atoms with E-state index in [9.17, 15) is 17.6 Å². The van der Waals surface area contributed by atoms with Crippen LogP contribution in [0.25, 0.3) is 0 Å². The summed E-state index contributed by atoms with van der Waals surface area (Å²) in [7, 11) is 0. The lowest BCUT2D eigenvalue weighted by atomic mass is 10.2. The highest BCUT2D eigenvalue weighted by molar-refractivity contribution is 7.98. The van der Waals surface area contributed by atoms with E-state index in [0.29, 0.717) is 16.3 Å². The average Bonchev–Trinajstić information content (AvgIpc) is 2.37. The Balaban J connectivity index is 2.03. The maximum Gasteiger partial charge on any atom is 0.417 e. The van der Waals surface area contributed by atoms with Gasteiger partial charge in [-0.25, -0.2) is 9.37 Å². The maximum absolute atomic E-state index is 13.3. The Bertz CT molecular complexity index is 551. The van der Waals surface area contributed by atoms with Crippen LogP contribution in [0.3, 0.4) is 0 Å². The molecule has 0 saturated carbocycles. The number of benzene rings is 1. The molecule has 0 atom stereocenters. The van der Waals surface area contributed by atoms with E-state index in [1.165, 1.54) is 23.9 Å². The molecule has 0 fully saturated rings. The second-order valence-corrected chi connectivity index (χ2v) is 4.76. The van der Waals surface area contributed by atoms with Gasteiger partial charge in [-0.2, -0.15) is 13.2 Å². The fourth-order valence-corrected chi connectivity index (χ4v) is 2.23. The lowest BCUT2D eigenvalue weighted by Gasteiger charge is -2.07. The van der Waals surface area contributed by atoms with Crippen LogP contribution in [-0.4, -0.2) is 4.98 Å². The van der Waals surface area contributed by atoms with Crippen molar-refractivity contribution in [3.8, 4) is 0 Å². The number of alkyl halides is 3. The summed E-state index contributed by atoms with van der Waals surface area (Å²) in [5, 5.41) is 0.427. The molecule has 0 amide bonds. The molecule has 19 heavy (non-hydrogen) atoms. The molecular formula is C13H9F4NS. The van der Waals surface area contributed by atoms with Crippen molar-refractivity contribution in [3.05, 3.63) is 59.5 Å². The molecule has 2 aromatic rings. The Hall–Kier alpha value is -1.56. The van der Waals surface area contributed by atoms with E-state index in [1.54, 1.807) is 18.2 Å². The SMILES string of the molecule is Fc1ccccc1CSc1ccc(C(F)(F)F)cn1. The number of thioether (sulfide) groups is 1. The van der Waals surface area contributed by atoms with E-state index < -0.39 is 11.7 Å². The summed E-state index contributed by atoms with van der Waals surface area (Å²) < 4.78 is 50.3. The lowest BCUT2D eigenvalue weighted by Crippen LogP contribution is -2.05. The molecule has 1 aromatic carbocycles. The van der Waals surface area contributed by atoms with Crippen molar-refractivity contribution in [2.24, 2.45) is 0 Å². The van der Waals surface area contributed by atoms with Gasteiger partial charge in [-0.3, -0.25) is 0 Å². The Kier molecular flexibility index (Phi) is 4.09. The van der Waals surface area contributed by atoms with Crippen molar-refractivity contribution in [2.75, 3.05) is 0 Å². The zero-order chi connectivity index (χ0) is 13.9. The summed E-state index contributed by atoms with van der Waals surface area (Å²) in [4.78, 5) is 3.71. The Morgan fingerprint density at radius 2 is 1.79 bits per heavy atom. The molecular weight excluding hydrogens is 278 g/mol. The van der Waals surface area contributed by atoms with Gasteiger partial charge in [-0.15, -0.1) is 11.8 Å². The number of aromatic nitrogens is 1. The minimum absolute atomic E-state index is 0.324. The fourth-order valence-electron chi connectivity index (χ4n) is 1.40. The Morgan fingerprint density at radius 3 is 2.37 bits per heavy atom. The topological polar surface area (TPSA) is 12.9 Å². The summed E-state index contributed by atoms with van der Waals surface area (Å²) in [6, 6.07) is 8.52. The van der Waals surface area contributed by atoms with Crippen molar-refractivity contribution >= 4 is 11.8 Å². The highest BCUT2D eigenvalue weighted by Crippen LogP contribution is 2.30. The summed E-state index contributed by atoms with van der Waals surface area (Å²) in [5.41, 5.74) is -0.295. The van der Waals surface area contributed by atoms with Crippen LogP contribution in [0.4, 0.5) is 17.6 Å². The molecule has 0 saturated heterocycles. The molecule has 0 spiro atoms. The van der Waals surface area contributed by atoms with Gasteiger partial charge in [0.1, 0.15) is 5.82 Å². The van der Waals surface area contributed by atoms with Crippen molar-refractivity contribution in [1.82, 2.24) is 4.98 Å². The van der Waals surface area contributed by atoms with Gasteiger partial charge in [0.2, 0.25) is 0 Å². The van der Waals surface area contributed by atoms with E-state index in [0.717, 1.165) is 12.3 Å². The monoisotopic (exact) mass is 287 g/mol. The van der Waals surface area contributed by atoms with Crippen LogP contribution < -0.4 is 0 Å². The third kappa shape index (κ3) is 3.70. The average molecular weight is 287 g/mol. The van der Waals surface area contributed by atoms with Gasteiger partial charge < -0.3 is 0 Å². The lowest BCUT2D eigenvalue weighted by molar-refractivity contribution is -0.137. The molecule has 1 heterocycles. The van der Waals surface area contributed by atoms with Crippen LogP contribution in [-0.2, 0) is 11.9 Å². The standard InChI is InChI=1S/C13H9F4NS/c14-11-4-2-1-3-9(11)8-19-12-6-5-10(7-18-12)13(15,16)17/h1-7H,8H2. The zero-order valence-corrected chi connectivity index (χ0v) is 10.4. The van der Waals surface area contributed by atoms with E-state index in [4.69, 9.17) is 0 Å². The van der Waals surface area contributed by atoms with Crippen LogP contribution in [0.2, 0.25) is 0 Å². The summed E-state index contributed by atoms with van der Waals surface area (Å²) in [6.45, 7) is 0. The van der Waals surface area contributed by atoms with Gasteiger partial charge in [0, 0.05) is 11.9 Å². The van der Waals surface area contributed by atoms with E-state index in [1.807, 2.05) is 0 Å². The van der Waals surface area contributed by atoms with Crippen LogP contribution >= 0.6 is 11.8 Å². The molecule has 0 N–H and O–H groups in total. The Labute approximate surface area is 111 Å². The van der Waals surface area contributed by atoms with Gasteiger partial charge >= 0.3 is 6.18 Å². The third-order valence-corrected chi connectivity index (χ3v) is 3.39. The number of halogens is 4. The van der Waals surface area contributed by atoms with Gasteiger partial charge in [0.05, 0.1) is 10.6 Å². The number of pyridine rings is 1. The molecule has 2 rings (SSSR count). The first kappa shape index (κ1) is 13.9. The number of hydrogen-bond donors (Lipinski definition) is 0. The quantitative estimate of drug-likeness (QED) is 0.607. The molecule has 100 valence electrons. The van der Waals surface area contributed by atoms with Crippen LogP contribution in [0.5, 0.6) is 0 Å². The molecule has 6 heteroatoms. The van der Waals surface area contributed by atoms with Crippen molar-refractivity contribution in [1.29, 1.82) is 0 Å². The number of rotatable bonds is 3. The van der Waals surface area contributed by atoms with E-state index >= 15 is 0 Å². The highest BCUT2D eigenvalue weighted by atomic mass is 32.2. The van der Waals surface area contributed by atoms with E-state index in [2.05, 4.69) is 4.98 Å². The first-order chi connectivity index (χ1) is 8.97. The summed E-state index contributed by atoms with van der Waals surface area (Å²) in [5.74, 6) is -0.00712. The van der Waals surface area contributed by atoms with E-state index in [-0.39, 0.29) is 5.82 Å². The minimum atomic E-state index is -4.39. The molecule has 0 bridgehead atoms. The highest BCUT2D eigenvalue weighted by Gasteiger charge is 2.30. The molecule has 0 aliphatic carbocycles. The molecule has 1 aromatic heterocycles. The smallest absolute Gasteiger partial charge is 0.249 e. The molecule has 0 aliphatic heterocycles. The minimum Gasteiger partial charge on any atom is -0.249 e. The zero-order valence-electron chi connectivity index (χ0n) is 9.62. The van der Waals surface area contributed by atoms with Crippen molar-refractivity contribution in [3.63, 3.8) is 0 Å². The van der Waals surface area contributed by atoms with Gasteiger partial charge in [0.15, 0.2) is 0 Å². The Morgan fingerprint density at radius 1 is 1.05 bits per heavy atom. The molecule has 1 nitrogen and oxygen atoms in total. The largest absolute Gasteiger partial charge is 0.417 e. The van der Waals surface area contributed by atoms with Crippen molar-refractivity contribution < 1.29 is 17.6 Å². The summed E-state index contributed by atoms with van der Waals surface area (Å²) in [6.07, 6.45) is -3.61. The van der Waals surface area contributed by atoms with Crippen LogP contribution in [0.15, 0.2) is 47.6 Å². The predicted molar refractivity (Wildman–Crippen MR) is 65.2 cm³/mol. The first-order valence-electron chi connectivity index (χ1n) is 5.36. The van der Waals surface area contributed by atoms with Crippen molar-refractivity contribution in [2.45, 2.75) is 17.0 Å². The van der Waals surface area contributed by atoms with Crippen LogP contribution in [0, 0.1) is 5.82 Å². The van der Waals surface area contributed by atoms with Crippen LogP contribution in [0.1, 0.15) is 11.1 Å². The number of hydrogen-bond acceptors (Lipinski definition) is 2. The van der Waals surface area contributed by atoms with Gasteiger partial charge in [-0.05, 0) is 23.8 Å². The summed E-state index contributed by atoms with van der Waals surface area (Å²) >= 11 is 1.19. The maximum atomic E-state index is 13.3. The first-order valence-corrected chi connectivity index (χ1v) is 6.35. The molecule has 0 aliphatic rings. The number of nitrogens with zero attached hydrogens (tertiary/aromatic N) is 1. The predicted octanol–water partition coefficient (Wildman–Crippen LogP) is 4.53. The second kappa shape index (κ2) is 5.61. The second-order valence-electron chi connectivity index (χ2n) is 3.76.